The highest BCUT2D eigenvalue weighted by Crippen LogP contribution is 2.54. The number of rotatable bonds is 5. The van der Waals surface area contributed by atoms with Crippen LogP contribution in [-0.4, -0.2) is 60.1 Å². The zero-order chi connectivity index (χ0) is 21.1. The first-order chi connectivity index (χ1) is 13.7. The molecule has 0 aliphatic carbocycles. The Balaban J connectivity index is 1.84. The van der Waals surface area contributed by atoms with Crippen molar-refractivity contribution in [2.24, 2.45) is 11.8 Å². The molecule has 2 saturated heterocycles. The lowest BCUT2D eigenvalue weighted by Crippen LogP contribution is -2.54. The van der Waals surface area contributed by atoms with Gasteiger partial charge in [-0.3, -0.25) is 24.6 Å². The summed E-state index contributed by atoms with van der Waals surface area (Å²) in [6.07, 6.45) is -0.435. The van der Waals surface area contributed by atoms with Gasteiger partial charge in [0.1, 0.15) is 5.54 Å². The number of amides is 3. The summed E-state index contributed by atoms with van der Waals surface area (Å²) >= 11 is 6.35. The number of hydrogen-bond donors (Lipinski definition) is 3. The van der Waals surface area contributed by atoms with Gasteiger partial charge in [-0.15, -0.1) is 0 Å². The number of nitrogens with zero attached hydrogens (tertiary/aromatic N) is 1. The molecule has 1 spiro atoms. The quantitative estimate of drug-likeness (QED) is 0.479. The molecule has 0 aromatic heterocycles. The monoisotopic (exact) mass is 421 g/mol. The number of carbonyl (C=O) groups excluding carboxylic acids is 3. The fourth-order valence-electron chi connectivity index (χ4n) is 4.99. The average molecular weight is 422 g/mol. The maximum atomic E-state index is 13.4. The molecule has 0 radical (unpaired) electrons. The summed E-state index contributed by atoms with van der Waals surface area (Å²) in [4.78, 5) is 41.0. The highest BCUT2D eigenvalue weighted by molar-refractivity contribution is 6.35. The molecule has 5 unspecified atom stereocenters. The summed E-state index contributed by atoms with van der Waals surface area (Å²) in [5.74, 6) is -2.99. The van der Waals surface area contributed by atoms with Crippen LogP contribution >= 0.6 is 11.6 Å². The molecular weight excluding hydrogens is 398 g/mol. The number of halogens is 1. The molecule has 3 amide bonds. The van der Waals surface area contributed by atoms with Crippen molar-refractivity contribution in [2.45, 2.75) is 38.0 Å². The van der Waals surface area contributed by atoms with E-state index in [0.29, 0.717) is 29.3 Å². The Kier molecular flexibility index (Phi) is 4.93. The second-order valence-electron chi connectivity index (χ2n) is 8.02. The molecule has 0 saturated carbocycles. The van der Waals surface area contributed by atoms with Crippen molar-refractivity contribution in [3.63, 3.8) is 0 Å². The number of methoxy groups -OCH3 is 1. The number of benzene rings is 1. The van der Waals surface area contributed by atoms with Gasteiger partial charge in [-0.05, 0) is 31.9 Å². The lowest BCUT2D eigenvalue weighted by atomic mass is 9.76. The summed E-state index contributed by atoms with van der Waals surface area (Å²) in [7, 11) is 1.55. The van der Waals surface area contributed by atoms with Crippen LogP contribution in [0.3, 0.4) is 0 Å². The van der Waals surface area contributed by atoms with Crippen LogP contribution in [0, 0.1) is 18.8 Å². The van der Waals surface area contributed by atoms with Crippen molar-refractivity contribution in [3.8, 4) is 0 Å². The van der Waals surface area contributed by atoms with Crippen molar-refractivity contribution in [3.05, 3.63) is 28.3 Å². The zero-order valence-corrected chi connectivity index (χ0v) is 17.2. The van der Waals surface area contributed by atoms with E-state index in [1.165, 1.54) is 4.90 Å². The van der Waals surface area contributed by atoms with Crippen LogP contribution in [0.25, 0.3) is 0 Å². The van der Waals surface area contributed by atoms with Crippen LogP contribution in [-0.2, 0) is 24.7 Å². The second kappa shape index (κ2) is 7.05. The molecule has 5 atom stereocenters. The molecule has 9 heteroatoms. The first-order valence-electron chi connectivity index (χ1n) is 9.66. The first kappa shape index (κ1) is 20.3. The van der Waals surface area contributed by atoms with Gasteiger partial charge in [-0.2, -0.15) is 0 Å². The summed E-state index contributed by atoms with van der Waals surface area (Å²) in [6.45, 7) is 4.02. The van der Waals surface area contributed by atoms with Gasteiger partial charge in [-0.25, -0.2) is 0 Å². The minimum Gasteiger partial charge on any atom is -0.392 e. The van der Waals surface area contributed by atoms with Crippen LogP contribution in [0.2, 0.25) is 5.02 Å². The number of fused-ring (bicyclic) bond motifs is 4. The zero-order valence-electron chi connectivity index (χ0n) is 16.5. The minimum absolute atomic E-state index is 0.212. The number of aliphatic hydroxyl groups is 1. The lowest BCUT2D eigenvalue weighted by molar-refractivity contribution is -0.143. The molecule has 3 aliphatic heterocycles. The molecule has 29 heavy (non-hydrogen) atoms. The minimum atomic E-state index is -1.44. The van der Waals surface area contributed by atoms with E-state index < -0.39 is 41.3 Å². The number of ether oxygens (including phenoxy) is 1. The van der Waals surface area contributed by atoms with E-state index in [1.54, 1.807) is 26.2 Å². The maximum Gasteiger partial charge on any atom is 0.250 e. The van der Waals surface area contributed by atoms with Gasteiger partial charge in [0.2, 0.25) is 17.7 Å². The summed E-state index contributed by atoms with van der Waals surface area (Å²) in [5.41, 5.74) is 0.376. The number of carbonyl (C=O) groups is 3. The van der Waals surface area contributed by atoms with Gasteiger partial charge in [0.15, 0.2) is 0 Å². The van der Waals surface area contributed by atoms with Crippen LogP contribution in [0.1, 0.15) is 24.5 Å². The molecule has 0 bridgehead atoms. The largest absolute Gasteiger partial charge is 0.392 e. The number of nitrogens with one attached hydrogen (secondary N) is 2. The van der Waals surface area contributed by atoms with E-state index in [0.717, 1.165) is 5.56 Å². The Bertz CT molecular complexity index is 904. The Morgan fingerprint density at radius 1 is 1.31 bits per heavy atom. The third-order valence-corrected chi connectivity index (χ3v) is 6.49. The van der Waals surface area contributed by atoms with E-state index in [1.807, 2.05) is 6.92 Å². The highest BCUT2D eigenvalue weighted by Gasteiger charge is 2.71. The first-order valence-corrected chi connectivity index (χ1v) is 10.0. The van der Waals surface area contributed by atoms with Gasteiger partial charge in [0.05, 0.1) is 28.6 Å². The molecule has 4 rings (SSSR count). The van der Waals surface area contributed by atoms with Crippen LogP contribution in [0.15, 0.2) is 12.1 Å². The highest BCUT2D eigenvalue weighted by atomic mass is 35.5. The third-order valence-electron chi connectivity index (χ3n) is 6.20. The normalized spacial score (nSPS) is 31.4. The molecule has 8 nitrogen and oxygen atoms in total. The fraction of sp³-hybridized carbons (Fsp3) is 0.550. The standard InChI is InChI=1S/C20H24ClN3O5/c1-9-7-11-16(12(21)8-9)22-19(28)20(11)14-13(15(23-20)10(2)25)17(26)24(18(14)27)5-4-6-29-3/h7-8,10,13-15,23,25H,4-6H2,1-3H3,(H,22,28). The molecule has 156 valence electrons. The van der Waals surface area contributed by atoms with Crippen molar-refractivity contribution in [1.29, 1.82) is 0 Å². The van der Waals surface area contributed by atoms with Crippen molar-refractivity contribution < 1.29 is 24.2 Å². The Hall–Kier alpha value is -2.00. The molecule has 3 N–H and O–H groups in total. The van der Waals surface area contributed by atoms with E-state index in [-0.39, 0.29) is 12.5 Å². The van der Waals surface area contributed by atoms with Crippen molar-refractivity contribution in [1.82, 2.24) is 10.2 Å². The Morgan fingerprint density at radius 3 is 2.69 bits per heavy atom. The smallest absolute Gasteiger partial charge is 0.250 e. The predicted octanol–water partition coefficient (Wildman–Crippen LogP) is 0.786. The molecule has 3 aliphatic rings. The molecule has 1 aromatic rings. The van der Waals surface area contributed by atoms with E-state index in [4.69, 9.17) is 16.3 Å². The van der Waals surface area contributed by atoms with Crippen molar-refractivity contribution in [2.75, 3.05) is 25.6 Å². The molecule has 1 aromatic carbocycles. The number of hydrogen-bond acceptors (Lipinski definition) is 6. The van der Waals surface area contributed by atoms with Gasteiger partial charge in [-0.1, -0.05) is 17.7 Å². The number of likely N-dealkylation sites (tertiary alicyclic amines) is 1. The van der Waals surface area contributed by atoms with Gasteiger partial charge in [0, 0.05) is 31.9 Å². The Labute approximate surface area is 173 Å². The maximum absolute atomic E-state index is 13.4. The Morgan fingerprint density at radius 2 is 2.03 bits per heavy atom. The van der Waals surface area contributed by atoms with Gasteiger partial charge < -0.3 is 15.2 Å². The van der Waals surface area contributed by atoms with Crippen LogP contribution < -0.4 is 10.6 Å². The molecule has 2 fully saturated rings. The fourth-order valence-corrected chi connectivity index (χ4v) is 5.31. The number of imide groups is 1. The summed E-state index contributed by atoms with van der Waals surface area (Å²) in [5, 5.41) is 16.7. The molecule has 3 heterocycles. The van der Waals surface area contributed by atoms with Crippen molar-refractivity contribution >= 4 is 35.0 Å². The number of aliphatic hydroxyl groups excluding tert-OH is 1. The van der Waals surface area contributed by atoms with E-state index in [2.05, 4.69) is 10.6 Å². The SMILES string of the molecule is COCCCN1C(=O)C2C(C(C)O)NC3(C(=O)Nc4c(Cl)cc(C)cc43)C2C1=O. The van der Waals surface area contributed by atoms with Gasteiger partial charge in [0.25, 0.3) is 0 Å². The second-order valence-corrected chi connectivity index (χ2v) is 8.43. The average Bonchev–Trinajstić information content (AvgIpc) is 3.24. The van der Waals surface area contributed by atoms with Crippen LogP contribution in [0.5, 0.6) is 0 Å². The number of aryl methyl sites for hydroxylation is 1. The summed E-state index contributed by atoms with van der Waals surface area (Å²) in [6, 6.07) is 2.80. The van der Waals surface area contributed by atoms with Crippen LogP contribution in [0.4, 0.5) is 5.69 Å². The lowest BCUT2D eigenvalue weighted by Gasteiger charge is -2.30. The summed E-state index contributed by atoms with van der Waals surface area (Å²) < 4.78 is 5.03. The van der Waals surface area contributed by atoms with E-state index >= 15 is 0 Å². The number of anilines is 1. The van der Waals surface area contributed by atoms with Gasteiger partial charge >= 0.3 is 0 Å². The topological polar surface area (TPSA) is 108 Å². The van der Waals surface area contributed by atoms with E-state index in [9.17, 15) is 19.5 Å². The predicted molar refractivity (Wildman–Crippen MR) is 105 cm³/mol. The third kappa shape index (κ3) is 2.73. The molecular formula is C20H24ClN3O5.